The molecule has 140 valence electrons. The van der Waals surface area contributed by atoms with E-state index in [0.717, 1.165) is 22.6 Å². The smallest absolute Gasteiger partial charge is 0.258 e. The summed E-state index contributed by atoms with van der Waals surface area (Å²) in [6.07, 6.45) is 1.13. The lowest BCUT2D eigenvalue weighted by Crippen LogP contribution is -2.52. The standard InChI is InChI=1S/C21H22N2O4/c1-23-18-6-3-2-5-16(18)13-21(20(23)25)14-27-19(22-21)15-7-9-17(10-8-15)26-12-4-11-24/h2-3,5-10,24H,4,11-14H2,1H3/t21-/m1/s1. The molecule has 6 nitrogen and oxygen atoms in total. The minimum Gasteiger partial charge on any atom is -0.494 e. The van der Waals surface area contributed by atoms with Crippen LogP contribution in [0.2, 0.25) is 0 Å². The highest BCUT2D eigenvalue weighted by molar-refractivity contribution is 6.07. The van der Waals surface area contributed by atoms with Crippen LogP contribution in [0.25, 0.3) is 0 Å². The predicted molar refractivity (Wildman–Crippen MR) is 102 cm³/mol. The predicted octanol–water partition coefficient (Wildman–Crippen LogP) is 2.18. The van der Waals surface area contributed by atoms with Gasteiger partial charge in [0.1, 0.15) is 12.4 Å². The van der Waals surface area contributed by atoms with Crippen LogP contribution in [-0.4, -0.2) is 49.3 Å². The highest BCUT2D eigenvalue weighted by atomic mass is 16.5. The van der Waals surface area contributed by atoms with Crippen LogP contribution in [0.15, 0.2) is 53.5 Å². The molecular formula is C21H22N2O4. The lowest BCUT2D eigenvalue weighted by Gasteiger charge is -2.35. The molecule has 27 heavy (non-hydrogen) atoms. The average molecular weight is 366 g/mol. The van der Waals surface area contributed by atoms with Crippen molar-refractivity contribution in [2.45, 2.75) is 18.4 Å². The number of fused-ring (bicyclic) bond motifs is 1. The molecule has 1 spiro atoms. The van der Waals surface area contributed by atoms with Crippen LogP contribution < -0.4 is 9.64 Å². The molecule has 0 radical (unpaired) electrons. The van der Waals surface area contributed by atoms with E-state index in [0.29, 0.717) is 25.3 Å². The van der Waals surface area contributed by atoms with Crippen molar-refractivity contribution in [3.8, 4) is 5.75 Å². The molecular weight excluding hydrogens is 344 g/mol. The fourth-order valence-corrected chi connectivity index (χ4v) is 3.54. The molecule has 0 aliphatic carbocycles. The topological polar surface area (TPSA) is 71.4 Å². The molecule has 2 aromatic rings. The van der Waals surface area contributed by atoms with E-state index in [1.54, 1.807) is 11.9 Å². The van der Waals surface area contributed by atoms with Gasteiger partial charge < -0.3 is 19.5 Å². The molecule has 0 aromatic heterocycles. The number of aliphatic hydroxyl groups excluding tert-OH is 1. The first-order chi connectivity index (χ1) is 13.1. The molecule has 0 fully saturated rings. The SMILES string of the molecule is CN1C(=O)[C@]2(COC(c3ccc(OCCCO)cc3)=N2)Cc2ccccc21. The van der Waals surface area contributed by atoms with E-state index in [1.807, 2.05) is 48.5 Å². The van der Waals surface area contributed by atoms with Gasteiger partial charge in [0, 0.05) is 37.7 Å². The van der Waals surface area contributed by atoms with E-state index in [4.69, 9.17) is 19.6 Å². The first kappa shape index (κ1) is 17.5. The van der Waals surface area contributed by atoms with Gasteiger partial charge in [-0.1, -0.05) is 18.2 Å². The Bertz CT molecular complexity index is 878. The van der Waals surface area contributed by atoms with Crippen LogP contribution >= 0.6 is 0 Å². The second-order valence-corrected chi connectivity index (χ2v) is 6.86. The number of benzene rings is 2. The summed E-state index contributed by atoms with van der Waals surface area (Å²) in [6, 6.07) is 15.3. The normalized spacial score (nSPS) is 21.0. The molecule has 2 aliphatic rings. The number of rotatable bonds is 5. The van der Waals surface area contributed by atoms with Gasteiger partial charge >= 0.3 is 0 Å². The number of amides is 1. The Morgan fingerprint density at radius 3 is 2.78 bits per heavy atom. The summed E-state index contributed by atoms with van der Waals surface area (Å²) in [6.45, 7) is 0.821. The van der Waals surface area contributed by atoms with Crippen molar-refractivity contribution in [2.24, 2.45) is 4.99 Å². The lowest BCUT2D eigenvalue weighted by molar-refractivity contribution is -0.124. The molecule has 0 unspecified atom stereocenters. The molecule has 1 amide bonds. The molecule has 2 aliphatic heterocycles. The van der Waals surface area contributed by atoms with Crippen molar-refractivity contribution < 1.29 is 19.4 Å². The van der Waals surface area contributed by atoms with Crippen molar-refractivity contribution in [1.82, 2.24) is 0 Å². The summed E-state index contributed by atoms with van der Waals surface area (Å²) >= 11 is 0. The van der Waals surface area contributed by atoms with Crippen molar-refractivity contribution in [1.29, 1.82) is 0 Å². The summed E-state index contributed by atoms with van der Waals surface area (Å²) in [5.41, 5.74) is 1.95. The van der Waals surface area contributed by atoms with Gasteiger partial charge in [0.05, 0.1) is 6.61 Å². The molecule has 1 atom stereocenters. The van der Waals surface area contributed by atoms with Gasteiger partial charge in [-0.15, -0.1) is 0 Å². The second kappa shape index (κ2) is 7.04. The largest absolute Gasteiger partial charge is 0.494 e. The van der Waals surface area contributed by atoms with Gasteiger partial charge in [-0.05, 0) is 35.9 Å². The number of likely N-dealkylation sites (N-methyl/N-ethyl adjacent to an activating group) is 1. The zero-order chi connectivity index (χ0) is 18.9. The van der Waals surface area contributed by atoms with Gasteiger partial charge in [0.25, 0.3) is 5.91 Å². The highest BCUT2D eigenvalue weighted by Gasteiger charge is 2.49. The van der Waals surface area contributed by atoms with Crippen LogP contribution in [0.5, 0.6) is 5.75 Å². The monoisotopic (exact) mass is 366 g/mol. The Labute approximate surface area is 158 Å². The molecule has 2 heterocycles. The average Bonchev–Trinajstić information content (AvgIpc) is 3.12. The number of nitrogens with zero attached hydrogens (tertiary/aromatic N) is 2. The number of anilines is 1. The molecule has 1 N–H and O–H groups in total. The van der Waals surface area contributed by atoms with Crippen molar-refractivity contribution in [3.63, 3.8) is 0 Å². The number of ether oxygens (including phenoxy) is 2. The fourth-order valence-electron chi connectivity index (χ4n) is 3.54. The molecule has 2 aromatic carbocycles. The summed E-state index contributed by atoms with van der Waals surface area (Å²) in [5, 5.41) is 8.81. The van der Waals surface area contributed by atoms with Crippen molar-refractivity contribution in [2.75, 3.05) is 31.8 Å². The maximum Gasteiger partial charge on any atom is 0.258 e. The minimum atomic E-state index is -0.894. The third-order valence-electron chi connectivity index (χ3n) is 4.97. The van der Waals surface area contributed by atoms with Crippen LogP contribution in [0.3, 0.4) is 0 Å². The first-order valence-corrected chi connectivity index (χ1v) is 9.06. The molecule has 0 bridgehead atoms. The van der Waals surface area contributed by atoms with E-state index in [1.165, 1.54) is 0 Å². The maximum absolute atomic E-state index is 13.0. The molecule has 4 rings (SSSR count). The van der Waals surface area contributed by atoms with Gasteiger partial charge in [-0.3, -0.25) is 4.79 Å². The molecule has 0 saturated heterocycles. The van der Waals surface area contributed by atoms with Crippen LogP contribution in [-0.2, 0) is 16.0 Å². The number of carbonyl (C=O) groups excluding carboxylic acids is 1. The quantitative estimate of drug-likeness (QED) is 0.824. The minimum absolute atomic E-state index is 0.0415. The van der Waals surface area contributed by atoms with E-state index in [2.05, 4.69) is 0 Å². The Morgan fingerprint density at radius 2 is 2.00 bits per heavy atom. The number of para-hydroxylation sites is 1. The van der Waals surface area contributed by atoms with Crippen LogP contribution in [0.4, 0.5) is 5.69 Å². The zero-order valence-electron chi connectivity index (χ0n) is 15.2. The summed E-state index contributed by atoms with van der Waals surface area (Å²) in [7, 11) is 1.79. The van der Waals surface area contributed by atoms with Crippen LogP contribution in [0.1, 0.15) is 17.5 Å². The van der Waals surface area contributed by atoms with Gasteiger partial charge in [-0.25, -0.2) is 4.99 Å². The number of carbonyl (C=O) groups is 1. The Morgan fingerprint density at radius 1 is 1.22 bits per heavy atom. The maximum atomic E-state index is 13.0. The Kier molecular flexibility index (Phi) is 4.58. The fraction of sp³-hybridized carbons (Fsp3) is 0.333. The lowest BCUT2D eigenvalue weighted by atomic mass is 9.86. The summed E-state index contributed by atoms with van der Waals surface area (Å²) in [5.74, 6) is 1.17. The van der Waals surface area contributed by atoms with Crippen molar-refractivity contribution in [3.05, 3.63) is 59.7 Å². The van der Waals surface area contributed by atoms with E-state index >= 15 is 0 Å². The third kappa shape index (κ3) is 3.17. The van der Waals surface area contributed by atoms with Gasteiger partial charge in [0.15, 0.2) is 5.54 Å². The molecule has 6 heteroatoms. The zero-order valence-corrected chi connectivity index (χ0v) is 15.2. The second-order valence-electron chi connectivity index (χ2n) is 6.86. The van der Waals surface area contributed by atoms with Gasteiger partial charge in [-0.2, -0.15) is 0 Å². The van der Waals surface area contributed by atoms with Crippen LogP contribution in [0, 0.1) is 0 Å². The molecule has 0 saturated carbocycles. The Balaban J connectivity index is 1.57. The number of hydrogen-bond donors (Lipinski definition) is 1. The number of hydrogen-bond acceptors (Lipinski definition) is 5. The number of aliphatic hydroxyl groups is 1. The van der Waals surface area contributed by atoms with E-state index in [-0.39, 0.29) is 19.1 Å². The van der Waals surface area contributed by atoms with Gasteiger partial charge in [0.2, 0.25) is 5.90 Å². The summed E-state index contributed by atoms with van der Waals surface area (Å²) < 4.78 is 11.4. The number of aliphatic imine (C=N–C) groups is 1. The first-order valence-electron chi connectivity index (χ1n) is 9.06. The third-order valence-corrected chi connectivity index (χ3v) is 4.97. The highest BCUT2D eigenvalue weighted by Crippen LogP contribution is 2.37. The summed E-state index contributed by atoms with van der Waals surface area (Å²) in [4.78, 5) is 19.4. The van der Waals surface area contributed by atoms with E-state index in [9.17, 15) is 4.79 Å². The Hall–Kier alpha value is -2.86. The van der Waals surface area contributed by atoms with Crippen molar-refractivity contribution >= 4 is 17.5 Å². The van der Waals surface area contributed by atoms with E-state index < -0.39 is 5.54 Å².